The highest BCUT2D eigenvalue weighted by Gasteiger charge is 2.13. The van der Waals surface area contributed by atoms with Crippen molar-refractivity contribution in [3.8, 4) is 0 Å². The molecule has 17 heavy (non-hydrogen) atoms. The second-order valence-corrected chi connectivity index (χ2v) is 4.21. The van der Waals surface area contributed by atoms with Crippen LogP contribution in [0.3, 0.4) is 0 Å². The van der Waals surface area contributed by atoms with Crippen molar-refractivity contribution in [1.29, 1.82) is 0 Å². The van der Waals surface area contributed by atoms with E-state index in [1.165, 1.54) is 12.1 Å². The molecule has 1 aromatic rings. The highest BCUT2D eigenvalue weighted by molar-refractivity contribution is 6.30. The Balaban J connectivity index is 2.61. The minimum atomic E-state index is -0.628. The maximum absolute atomic E-state index is 13.3. The van der Waals surface area contributed by atoms with Gasteiger partial charge in [0.05, 0.1) is 11.7 Å². The molecule has 0 saturated carbocycles. The summed E-state index contributed by atoms with van der Waals surface area (Å²) in [5, 5.41) is 12.2. The number of nitrogens with one attached hydrogen (secondary N) is 1. The van der Waals surface area contributed by atoms with Gasteiger partial charge in [-0.25, -0.2) is 4.39 Å². The van der Waals surface area contributed by atoms with E-state index in [9.17, 15) is 14.3 Å². The highest BCUT2D eigenvalue weighted by atomic mass is 35.5. The van der Waals surface area contributed by atoms with Crippen LogP contribution in [0.1, 0.15) is 30.1 Å². The van der Waals surface area contributed by atoms with E-state index in [1.807, 2.05) is 6.92 Å². The van der Waals surface area contributed by atoms with Gasteiger partial charge in [-0.15, -0.1) is 0 Å². The van der Waals surface area contributed by atoms with Crippen molar-refractivity contribution in [3.63, 3.8) is 0 Å². The Labute approximate surface area is 105 Å². The molecule has 0 bridgehead atoms. The van der Waals surface area contributed by atoms with Crippen LogP contribution in [-0.2, 0) is 0 Å². The van der Waals surface area contributed by atoms with Crippen molar-refractivity contribution in [2.24, 2.45) is 0 Å². The summed E-state index contributed by atoms with van der Waals surface area (Å²) in [6.45, 7) is 2.04. The molecule has 94 valence electrons. The summed E-state index contributed by atoms with van der Waals surface area (Å²) in [5.41, 5.74) is -0.110. The van der Waals surface area contributed by atoms with Gasteiger partial charge in [0.25, 0.3) is 5.91 Å². The van der Waals surface area contributed by atoms with E-state index in [4.69, 9.17) is 11.6 Å². The molecule has 0 saturated heterocycles. The zero-order valence-corrected chi connectivity index (χ0v) is 10.3. The summed E-state index contributed by atoms with van der Waals surface area (Å²) >= 11 is 5.68. The third-order valence-electron chi connectivity index (χ3n) is 2.29. The summed E-state index contributed by atoms with van der Waals surface area (Å²) in [6, 6.07) is 3.78. The standard InChI is InChI=1S/C12H15ClFNO2/c1-2-3-9(16)7-15-12(17)10-6-8(13)4-5-11(10)14/h4-6,9,16H,2-3,7H2,1H3,(H,15,17). The fraction of sp³-hybridized carbons (Fsp3) is 0.417. The highest BCUT2D eigenvalue weighted by Crippen LogP contribution is 2.14. The minimum absolute atomic E-state index is 0.110. The van der Waals surface area contributed by atoms with Gasteiger partial charge in [-0.2, -0.15) is 0 Å². The Hall–Kier alpha value is -1.13. The molecular formula is C12H15ClFNO2. The predicted molar refractivity (Wildman–Crippen MR) is 64.7 cm³/mol. The molecule has 0 radical (unpaired) electrons. The van der Waals surface area contributed by atoms with Gasteiger partial charge in [0.1, 0.15) is 5.82 Å². The van der Waals surface area contributed by atoms with E-state index in [0.29, 0.717) is 11.4 Å². The first-order valence-corrected chi connectivity index (χ1v) is 5.83. The molecule has 0 heterocycles. The molecule has 1 amide bonds. The molecule has 1 atom stereocenters. The van der Waals surface area contributed by atoms with Crippen LogP contribution in [0, 0.1) is 5.82 Å². The molecule has 1 aromatic carbocycles. The summed E-state index contributed by atoms with van der Waals surface area (Å²) in [4.78, 5) is 11.6. The van der Waals surface area contributed by atoms with E-state index >= 15 is 0 Å². The first kappa shape index (κ1) is 13.9. The first-order chi connectivity index (χ1) is 8.04. The van der Waals surface area contributed by atoms with Crippen LogP contribution < -0.4 is 5.32 Å². The van der Waals surface area contributed by atoms with E-state index in [-0.39, 0.29) is 12.1 Å². The van der Waals surface area contributed by atoms with Gasteiger partial charge in [0.15, 0.2) is 0 Å². The Morgan fingerprint density at radius 3 is 2.94 bits per heavy atom. The number of carbonyl (C=O) groups is 1. The Bertz CT molecular complexity index is 398. The van der Waals surface area contributed by atoms with E-state index < -0.39 is 17.8 Å². The molecule has 2 N–H and O–H groups in total. The summed E-state index contributed by atoms with van der Waals surface area (Å²) in [6.07, 6.45) is 0.812. The third kappa shape index (κ3) is 4.32. The zero-order valence-electron chi connectivity index (χ0n) is 9.54. The van der Waals surface area contributed by atoms with Gasteiger partial charge in [-0.1, -0.05) is 24.9 Å². The molecule has 1 unspecified atom stereocenters. The second kappa shape index (κ2) is 6.57. The number of aliphatic hydroxyl groups excluding tert-OH is 1. The van der Waals surface area contributed by atoms with Crippen LogP contribution in [-0.4, -0.2) is 23.7 Å². The van der Waals surface area contributed by atoms with Crippen molar-refractivity contribution < 1.29 is 14.3 Å². The maximum atomic E-state index is 13.3. The lowest BCUT2D eigenvalue weighted by atomic mass is 10.2. The van der Waals surface area contributed by atoms with E-state index in [2.05, 4.69) is 5.32 Å². The molecule has 0 aliphatic heterocycles. The number of halogens is 2. The third-order valence-corrected chi connectivity index (χ3v) is 2.53. The van der Waals surface area contributed by atoms with E-state index in [0.717, 1.165) is 12.5 Å². The van der Waals surface area contributed by atoms with Crippen molar-refractivity contribution in [3.05, 3.63) is 34.6 Å². The molecular weight excluding hydrogens is 245 g/mol. The number of carbonyl (C=O) groups excluding carboxylic acids is 1. The van der Waals surface area contributed by atoms with Crippen molar-refractivity contribution in [2.75, 3.05) is 6.54 Å². The Morgan fingerprint density at radius 1 is 1.59 bits per heavy atom. The van der Waals surface area contributed by atoms with Gasteiger partial charge < -0.3 is 10.4 Å². The van der Waals surface area contributed by atoms with Crippen molar-refractivity contribution >= 4 is 17.5 Å². The summed E-state index contributed by atoms with van der Waals surface area (Å²) < 4.78 is 13.3. The second-order valence-electron chi connectivity index (χ2n) is 3.78. The predicted octanol–water partition coefficient (Wildman–Crippen LogP) is 2.37. The number of amides is 1. The van der Waals surface area contributed by atoms with Crippen molar-refractivity contribution in [2.45, 2.75) is 25.9 Å². The number of aliphatic hydroxyl groups is 1. The maximum Gasteiger partial charge on any atom is 0.254 e. The lowest BCUT2D eigenvalue weighted by Crippen LogP contribution is -2.32. The fourth-order valence-corrected chi connectivity index (χ4v) is 1.58. The van der Waals surface area contributed by atoms with Crippen molar-refractivity contribution in [1.82, 2.24) is 5.32 Å². The lowest BCUT2D eigenvalue weighted by Gasteiger charge is -2.11. The van der Waals surface area contributed by atoms with Gasteiger partial charge in [-0.05, 0) is 24.6 Å². The number of rotatable bonds is 5. The Kier molecular flexibility index (Phi) is 5.38. The first-order valence-electron chi connectivity index (χ1n) is 5.46. The molecule has 5 heteroatoms. The van der Waals surface area contributed by atoms with Crippen LogP contribution in [0.25, 0.3) is 0 Å². The molecule has 0 fully saturated rings. The molecule has 1 rings (SSSR count). The monoisotopic (exact) mass is 259 g/mol. The van der Waals surface area contributed by atoms with Crippen LogP contribution >= 0.6 is 11.6 Å². The molecule has 3 nitrogen and oxygen atoms in total. The largest absolute Gasteiger partial charge is 0.391 e. The minimum Gasteiger partial charge on any atom is -0.391 e. The molecule has 0 aliphatic carbocycles. The molecule has 0 spiro atoms. The average Bonchev–Trinajstić information content (AvgIpc) is 2.29. The summed E-state index contributed by atoms with van der Waals surface area (Å²) in [7, 11) is 0. The molecule has 0 aliphatic rings. The van der Waals surface area contributed by atoms with Gasteiger partial charge >= 0.3 is 0 Å². The SMILES string of the molecule is CCCC(O)CNC(=O)c1cc(Cl)ccc1F. The van der Waals surface area contributed by atoms with E-state index in [1.54, 1.807) is 0 Å². The number of benzene rings is 1. The normalized spacial score (nSPS) is 12.2. The van der Waals surface area contributed by atoms with Crippen LogP contribution in [0.2, 0.25) is 5.02 Å². The smallest absolute Gasteiger partial charge is 0.254 e. The Morgan fingerprint density at radius 2 is 2.29 bits per heavy atom. The molecule has 0 aromatic heterocycles. The van der Waals surface area contributed by atoms with Gasteiger partial charge in [0, 0.05) is 11.6 Å². The van der Waals surface area contributed by atoms with Gasteiger partial charge in [0.2, 0.25) is 0 Å². The number of hydrogen-bond donors (Lipinski definition) is 2. The number of hydrogen-bond acceptors (Lipinski definition) is 2. The van der Waals surface area contributed by atoms with Crippen LogP contribution in [0.4, 0.5) is 4.39 Å². The topological polar surface area (TPSA) is 49.3 Å². The van der Waals surface area contributed by atoms with Crippen LogP contribution in [0.5, 0.6) is 0 Å². The van der Waals surface area contributed by atoms with Gasteiger partial charge in [-0.3, -0.25) is 4.79 Å². The zero-order chi connectivity index (χ0) is 12.8. The quantitative estimate of drug-likeness (QED) is 0.853. The average molecular weight is 260 g/mol. The lowest BCUT2D eigenvalue weighted by molar-refractivity contribution is 0.0906. The summed E-state index contributed by atoms with van der Waals surface area (Å²) in [5.74, 6) is -1.20. The fourth-order valence-electron chi connectivity index (χ4n) is 1.41. The van der Waals surface area contributed by atoms with Crippen LogP contribution in [0.15, 0.2) is 18.2 Å².